The SMILES string of the molecule is Cc1cnc(NC(=O)[C@@H]2C[C@H]3CC[C@@H]2C[C@@]32NC(=O)c3ccccc3O2)s1. The van der Waals surface area contributed by atoms with Gasteiger partial charge in [0.1, 0.15) is 5.75 Å². The lowest BCUT2D eigenvalue weighted by atomic mass is 9.60. The molecular weight excluding hydrogens is 362 g/mol. The summed E-state index contributed by atoms with van der Waals surface area (Å²) < 4.78 is 6.34. The average molecular weight is 383 g/mol. The minimum atomic E-state index is -0.678. The molecule has 0 unspecified atom stereocenters. The molecule has 0 radical (unpaired) electrons. The summed E-state index contributed by atoms with van der Waals surface area (Å²) in [5.41, 5.74) is -0.0962. The summed E-state index contributed by atoms with van der Waals surface area (Å²) in [7, 11) is 0. The Morgan fingerprint density at radius 1 is 1.37 bits per heavy atom. The molecule has 2 amide bonds. The summed E-state index contributed by atoms with van der Waals surface area (Å²) in [6.45, 7) is 1.97. The minimum Gasteiger partial charge on any atom is -0.467 e. The van der Waals surface area contributed by atoms with Gasteiger partial charge in [0.2, 0.25) is 5.91 Å². The first-order chi connectivity index (χ1) is 13.0. The van der Waals surface area contributed by atoms with Gasteiger partial charge in [-0.25, -0.2) is 4.98 Å². The fourth-order valence-corrected chi connectivity index (χ4v) is 5.56. The van der Waals surface area contributed by atoms with Crippen LogP contribution < -0.4 is 15.4 Å². The lowest BCUT2D eigenvalue weighted by Gasteiger charge is -2.55. The number of nitrogens with one attached hydrogen (secondary N) is 2. The van der Waals surface area contributed by atoms with Gasteiger partial charge in [0.15, 0.2) is 10.9 Å². The zero-order valence-electron chi connectivity index (χ0n) is 15.0. The Bertz CT molecular complexity index is 927. The molecule has 3 fully saturated rings. The zero-order chi connectivity index (χ0) is 18.6. The maximum atomic E-state index is 12.8. The van der Waals surface area contributed by atoms with Crippen LogP contribution in [0.3, 0.4) is 0 Å². The Kier molecular flexibility index (Phi) is 3.75. The van der Waals surface area contributed by atoms with E-state index in [2.05, 4.69) is 15.6 Å². The molecule has 3 aliphatic carbocycles. The first-order valence-electron chi connectivity index (χ1n) is 9.38. The third kappa shape index (κ3) is 2.72. The number of benzene rings is 1. The van der Waals surface area contributed by atoms with Crippen molar-refractivity contribution < 1.29 is 14.3 Å². The monoisotopic (exact) mass is 383 g/mol. The number of hydrogen-bond donors (Lipinski definition) is 2. The second-order valence-electron chi connectivity index (χ2n) is 7.79. The van der Waals surface area contributed by atoms with Crippen molar-refractivity contribution in [3.63, 3.8) is 0 Å². The summed E-state index contributed by atoms with van der Waals surface area (Å²) in [6, 6.07) is 7.37. The Morgan fingerprint density at radius 3 is 2.96 bits per heavy atom. The highest BCUT2D eigenvalue weighted by molar-refractivity contribution is 7.15. The third-order valence-electron chi connectivity index (χ3n) is 6.16. The largest absolute Gasteiger partial charge is 0.467 e. The van der Waals surface area contributed by atoms with Crippen LogP contribution in [0.1, 0.15) is 40.9 Å². The molecule has 6 rings (SSSR count). The Balaban J connectivity index is 1.36. The first-order valence-corrected chi connectivity index (χ1v) is 10.2. The second kappa shape index (κ2) is 6.05. The van der Waals surface area contributed by atoms with Gasteiger partial charge in [-0.15, -0.1) is 11.3 Å². The normalized spacial score (nSPS) is 31.1. The molecule has 4 aliphatic rings. The quantitative estimate of drug-likeness (QED) is 0.833. The van der Waals surface area contributed by atoms with Crippen LogP contribution in [0, 0.1) is 24.7 Å². The van der Waals surface area contributed by atoms with E-state index in [9.17, 15) is 9.59 Å². The molecule has 2 aromatic rings. The number of aromatic nitrogens is 1. The van der Waals surface area contributed by atoms with E-state index in [-0.39, 0.29) is 29.6 Å². The predicted octanol–water partition coefficient (Wildman–Crippen LogP) is 3.34. The van der Waals surface area contributed by atoms with Gasteiger partial charge in [-0.3, -0.25) is 9.59 Å². The number of carbonyl (C=O) groups is 2. The molecular formula is C20H21N3O3S. The van der Waals surface area contributed by atoms with E-state index in [0.29, 0.717) is 22.9 Å². The molecule has 6 nitrogen and oxygen atoms in total. The van der Waals surface area contributed by atoms with Crippen LogP contribution in [-0.2, 0) is 4.79 Å². The highest BCUT2D eigenvalue weighted by Gasteiger charge is 2.57. The van der Waals surface area contributed by atoms with Crippen LogP contribution in [0.2, 0.25) is 0 Å². The molecule has 1 aliphatic heterocycles. The Morgan fingerprint density at radius 2 is 2.22 bits per heavy atom. The van der Waals surface area contributed by atoms with Crippen molar-refractivity contribution in [3.05, 3.63) is 40.9 Å². The summed E-state index contributed by atoms with van der Waals surface area (Å²) in [4.78, 5) is 30.8. The number of anilines is 1. The molecule has 2 heterocycles. The lowest BCUT2D eigenvalue weighted by Crippen LogP contribution is -2.66. The average Bonchev–Trinajstić information content (AvgIpc) is 3.06. The molecule has 140 valence electrons. The number of carbonyl (C=O) groups excluding carboxylic acids is 2. The van der Waals surface area contributed by atoms with E-state index in [1.165, 1.54) is 11.3 Å². The summed E-state index contributed by atoms with van der Waals surface area (Å²) in [6.07, 6.45) is 5.12. The van der Waals surface area contributed by atoms with Crippen molar-refractivity contribution in [2.24, 2.45) is 17.8 Å². The van der Waals surface area contributed by atoms with E-state index in [0.717, 1.165) is 24.1 Å². The van der Waals surface area contributed by atoms with Gasteiger partial charge in [0.05, 0.1) is 5.56 Å². The highest BCUT2D eigenvalue weighted by Crippen LogP contribution is 2.52. The van der Waals surface area contributed by atoms with Crippen molar-refractivity contribution in [1.82, 2.24) is 10.3 Å². The fourth-order valence-electron chi connectivity index (χ4n) is 4.89. The minimum absolute atomic E-state index is 0.0384. The lowest BCUT2D eigenvalue weighted by molar-refractivity contribution is -0.142. The van der Waals surface area contributed by atoms with E-state index in [4.69, 9.17) is 4.74 Å². The molecule has 2 N–H and O–H groups in total. The van der Waals surface area contributed by atoms with Crippen LogP contribution in [0.15, 0.2) is 30.5 Å². The second-order valence-corrected chi connectivity index (χ2v) is 9.02. The van der Waals surface area contributed by atoms with Gasteiger partial charge in [-0.1, -0.05) is 12.1 Å². The number of amides is 2. The van der Waals surface area contributed by atoms with E-state index in [1.807, 2.05) is 25.1 Å². The van der Waals surface area contributed by atoms with Crippen molar-refractivity contribution in [3.8, 4) is 5.75 Å². The summed E-state index contributed by atoms with van der Waals surface area (Å²) >= 11 is 1.49. The molecule has 4 atom stereocenters. The van der Waals surface area contributed by atoms with Crippen molar-refractivity contribution >= 4 is 28.3 Å². The van der Waals surface area contributed by atoms with Gasteiger partial charge in [0.25, 0.3) is 5.91 Å². The van der Waals surface area contributed by atoms with Gasteiger partial charge in [-0.05, 0) is 44.2 Å². The fraction of sp³-hybridized carbons (Fsp3) is 0.450. The molecule has 0 saturated heterocycles. The van der Waals surface area contributed by atoms with Crippen molar-refractivity contribution in [1.29, 1.82) is 0 Å². The number of para-hydroxylation sites is 1. The van der Waals surface area contributed by atoms with Gasteiger partial charge >= 0.3 is 0 Å². The standard InChI is InChI=1S/C20H21N3O3S/c1-11-10-21-19(27-11)22-17(24)15-8-13-7-6-12(15)9-20(13)23-18(25)14-4-2-3-5-16(14)26-20/h2-5,10,12-13,15H,6-9H2,1H3,(H,23,25)(H,21,22,24)/t12-,13-,15-,20+/m1/s1. The van der Waals surface area contributed by atoms with Crippen molar-refractivity contribution in [2.75, 3.05) is 5.32 Å². The van der Waals surface area contributed by atoms with Gasteiger partial charge in [0, 0.05) is 29.3 Å². The molecule has 3 saturated carbocycles. The number of fused-ring (bicyclic) bond motifs is 3. The molecule has 1 aromatic heterocycles. The molecule has 27 heavy (non-hydrogen) atoms. The zero-order valence-corrected chi connectivity index (χ0v) is 15.8. The first kappa shape index (κ1) is 16.7. The highest BCUT2D eigenvalue weighted by atomic mass is 32.1. The smallest absolute Gasteiger partial charge is 0.258 e. The third-order valence-corrected chi connectivity index (χ3v) is 6.98. The number of nitrogens with zero attached hydrogens (tertiary/aromatic N) is 1. The van der Waals surface area contributed by atoms with Gasteiger partial charge < -0.3 is 15.4 Å². The predicted molar refractivity (Wildman–Crippen MR) is 102 cm³/mol. The Hall–Kier alpha value is -2.41. The number of hydrogen-bond acceptors (Lipinski definition) is 5. The van der Waals surface area contributed by atoms with E-state index >= 15 is 0 Å². The molecule has 7 heteroatoms. The van der Waals surface area contributed by atoms with Crippen LogP contribution in [-0.4, -0.2) is 22.5 Å². The number of rotatable bonds is 2. The van der Waals surface area contributed by atoms with Crippen LogP contribution >= 0.6 is 11.3 Å². The van der Waals surface area contributed by atoms with Crippen LogP contribution in [0.25, 0.3) is 0 Å². The van der Waals surface area contributed by atoms with E-state index < -0.39 is 5.72 Å². The summed E-state index contributed by atoms with van der Waals surface area (Å²) in [5, 5.41) is 6.76. The van der Waals surface area contributed by atoms with Crippen molar-refractivity contribution in [2.45, 2.75) is 38.3 Å². The Labute approximate surface area is 161 Å². The number of thiazole rings is 1. The van der Waals surface area contributed by atoms with E-state index in [1.54, 1.807) is 12.3 Å². The molecule has 1 aromatic carbocycles. The van der Waals surface area contributed by atoms with Gasteiger partial charge in [-0.2, -0.15) is 0 Å². The maximum Gasteiger partial charge on any atom is 0.258 e. The molecule has 2 bridgehead atoms. The van der Waals surface area contributed by atoms with Crippen LogP contribution in [0.4, 0.5) is 5.13 Å². The number of aryl methyl sites for hydroxylation is 1. The summed E-state index contributed by atoms with van der Waals surface area (Å²) in [5.74, 6) is 0.875. The maximum absolute atomic E-state index is 12.8. The van der Waals surface area contributed by atoms with Crippen LogP contribution in [0.5, 0.6) is 5.75 Å². The molecule has 1 spiro atoms. The number of ether oxygens (including phenoxy) is 1. The topological polar surface area (TPSA) is 80.3 Å².